The summed E-state index contributed by atoms with van der Waals surface area (Å²) in [5.74, 6) is -0.298. The van der Waals surface area contributed by atoms with E-state index in [0.717, 1.165) is 5.56 Å². The number of rotatable bonds is 4. The van der Waals surface area contributed by atoms with Gasteiger partial charge in [0.25, 0.3) is 0 Å². The summed E-state index contributed by atoms with van der Waals surface area (Å²) < 4.78 is 0. The molecular weight excluding hydrogens is 236 g/mol. The molecule has 0 heterocycles. The minimum Gasteiger partial charge on any atom is -0.504 e. The molecule has 0 aliphatic heterocycles. The van der Waals surface area contributed by atoms with E-state index < -0.39 is 5.41 Å². The van der Waals surface area contributed by atoms with Crippen LogP contribution in [0.15, 0.2) is 73.8 Å². The third-order valence-electron chi connectivity index (χ3n) is 3.36. The lowest BCUT2D eigenvalue weighted by Gasteiger charge is -2.29. The van der Waals surface area contributed by atoms with Crippen molar-refractivity contribution in [3.05, 3.63) is 85.0 Å². The van der Waals surface area contributed by atoms with E-state index >= 15 is 0 Å². The Hall–Kier alpha value is -2.48. The molecule has 0 amide bonds. The molecular formula is C17H16O2. The minimum absolute atomic E-state index is 0.147. The lowest BCUT2D eigenvalue weighted by atomic mass is 9.74. The first kappa shape index (κ1) is 13.0. The van der Waals surface area contributed by atoms with Gasteiger partial charge in [-0.25, -0.2) is 0 Å². The van der Waals surface area contributed by atoms with Gasteiger partial charge < -0.3 is 10.2 Å². The van der Waals surface area contributed by atoms with Crippen molar-refractivity contribution in [2.75, 3.05) is 0 Å². The maximum Gasteiger partial charge on any atom is 0.162 e. The Morgan fingerprint density at radius 2 is 1.47 bits per heavy atom. The summed E-state index contributed by atoms with van der Waals surface area (Å²) in [4.78, 5) is 0. The predicted molar refractivity (Wildman–Crippen MR) is 77.4 cm³/mol. The number of hydrogen-bond donors (Lipinski definition) is 2. The van der Waals surface area contributed by atoms with Gasteiger partial charge in [-0.2, -0.15) is 0 Å². The molecule has 0 fully saturated rings. The molecule has 0 aliphatic rings. The molecule has 0 saturated carbocycles. The van der Waals surface area contributed by atoms with Crippen LogP contribution in [0.2, 0.25) is 0 Å². The van der Waals surface area contributed by atoms with E-state index in [4.69, 9.17) is 0 Å². The highest BCUT2D eigenvalue weighted by molar-refractivity contribution is 5.57. The van der Waals surface area contributed by atoms with E-state index in [1.807, 2.05) is 30.3 Å². The summed E-state index contributed by atoms with van der Waals surface area (Å²) >= 11 is 0. The van der Waals surface area contributed by atoms with Crippen molar-refractivity contribution in [3.63, 3.8) is 0 Å². The van der Waals surface area contributed by atoms with Crippen LogP contribution in [0.1, 0.15) is 11.1 Å². The molecule has 19 heavy (non-hydrogen) atoms. The Labute approximate surface area is 113 Å². The minimum atomic E-state index is -0.732. The maximum absolute atomic E-state index is 10.1. The monoisotopic (exact) mass is 252 g/mol. The smallest absolute Gasteiger partial charge is 0.162 e. The molecule has 0 radical (unpaired) electrons. The molecule has 0 bridgehead atoms. The molecule has 2 rings (SSSR count). The van der Waals surface area contributed by atoms with Crippen LogP contribution in [-0.2, 0) is 5.41 Å². The van der Waals surface area contributed by atoms with Crippen LogP contribution in [0, 0.1) is 0 Å². The number of hydrogen-bond acceptors (Lipinski definition) is 2. The fourth-order valence-corrected chi connectivity index (χ4v) is 2.27. The predicted octanol–water partition coefficient (Wildman–Crippen LogP) is 3.76. The fourth-order valence-electron chi connectivity index (χ4n) is 2.27. The topological polar surface area (TPSA) is 40.5 Å². The van der Waals surface area contributed by atoms with Crippen molar-refractivity contribution in [1.29, 1.82) is 0 Å². The quantitative estimate of drug-likeness (QED) is 0.642. The SMILES string of the molecule is C=CC(C=C)(c1ccccc1)c1cccc(O)c1O. The highest BCUT2D eigenvalue weighted by Crippen LogP contribution is 2.42. The molecule has 0 saturated heterocycles. The first-order chi connectivity index (χ1) is 9.15. The zero-order valence-electron chi connectivity index (χ0n) is 10.6. The Kier molecular flexibility index (Phi) is 3.43. The third kappa shape index (κ3) is 2.02. The van der Waals surface area contributed by atoms with Crippen LogP contribution in [0.5, 0.6) is 11.5 Å². The summed E-state index contributed by atoms with van der Waals surface area (Å²) in [6.45, 7) is 7.73. The van der Waals surface area contributed by atoms with Gasteiger partial charge in [0.2, 0.25) is 0 Å². The van der Waals surface area contributed by atoms with E-state index in [0.29, 0.717) is 5.56 Å². The molecule has 0 atom stereocenters. The van der Waals surface area contributed by atoms with Crippen LogP contribution in [-0.4, -0.2) is 10.2 Å². The van der Waals surface area contributed by atoms with Crippen molar-refractivity contribution in [2.24, 2.45) is 0 Å². The van der Waals surface area contributed by atoms with Gasteiger partial charge >= 0.3 is 0 Å². The van der Waals surface area contributed by atoms with E-state index in [1.165, 1.54) is 6.07 Å². The number of phenolic OH excluding ortho intramolecular Hbond substituents is 2. The Balaban J connectivity index is 2.74. The molecule has 0 aromatic heterocycles. The second-order valence-electron chi connectivity index (χ2n) is 4.32. The lowest BCUT2D eigenvalue weighted by Crippen LogP contribution is -2.22. The number of benzene rings is 2. The summed E-state index contributed by atoms with van der Waals surface area (Å²) in [5, 5.41) is 19.8. The highest BCUT2D eigenvalue weighted by atomic mass is 16.3. The average Bonchev–Trinajstić information content (AvgIpc) is 2.46. The number of allylic oxidation sites excluding steroid dienone is 2. The van der Waals surface area contributed by atoms with Gasteiger partial charge in [0.15, 0.2) is 11.5 Å². The van der Waals surface area contributed by atoms with Crippen molar-refractivity contribution < 1.29 is 10.2 Å². The Morgan fingerprint density at radius 3 is 2.05 bits per heavy atom. The fraction of sp³-hybridized carbons (Fsp3) is 0.0588. The first-order valence-electron chi connectivity index (χ1n) is 6.00. The molecule has 2 aromatic carbocycles. The van der Waals surface area contributed by atoms with Gasteiger partial charge in [-0.15, -0.1) is 13.2 Å². The van der Waals surface area contributed by atoms with Crippen LogP contribution in [0.25, 0.3) is 0 Å². The molecule has 0 aliphatic carbocycles. The Morgan fingerprint density at radius 1 is 0.842 bits per heavy atom. The first-order valence-corrected chi connectivity index (χ1v) is 6.00. The van der Waals surface area contributed by atoms with Gasteiger partial charge in [-0.1, -0.05) is 54.6 Å². The lowest BCUT2D eigenvalue weighted by molar-refractivity contribution is 0.396. The van der Waals surface area contributed by atoms with Crippen LogP contribution in [0.4, 0.5) is 0 Å². The zero-order valence-corrected chi connectivity index (χ0v) is 10.6. The highest BCUT2D eigenvalue weighted by Gasteiger charge is 2.31. The molecule has 0 unspecified atom stereocenters. The normalized spacial score (nSPS) is 10.9. The van der Waals surface area contributed by atoms with Gasteiger partial charge in [-0.3, -0.25) is 0 Å². The molecule has 0 spiro atoms. The van der Waals surface area contributed by atoms with Gasteiger partial charge in [0.05, 0.1) is 5.41 Å². The standard InChI is InChI=1S/C17H16O2/c1-3-17(4-2,13-9-6-5-7-10-13)14-11-8-12-15(18)16(14)19/h3-12,18-19H,1-2H2. The van der Waals surface area contributed by atoms with Crippen LogP contribution < -0.4 is 0 Å². The van der Waals surface area contributed by atoms with Crippen LogP contribution in [0.3, 0.4) is 0 Å². The van der Waals surface area contributed by atoms with Crippen molar-refractivity contribution in [2.45, 2.75) is 5.41 Å². The van der Waals surface area contributed by atoms with E-state index in [1.54, 1.807) is 24.3 Å². The van der Waals surface area contributed by atoms with Crippen LogP contribution >= 0.6 is 0 Å². The average molecular weight is 252 g/mol. The largest absolute Gasteiger partial charge is 0.504 e. The zero-order chi connectivity index (χ0) is 13.9. The summed E-state index contributed by atoms with van der Waals surface area (Å²) in [7, 11) is 0. The van der Waals surface area contributed by atoms with E-state index in [9.17, 15) is 10.2 Å². The third-order valence-corrected chi connectivity index (χ3v) is 3.36. The van der Waals surface area contributed by atoms with Crippen molar-refractivity contribution in [3.8, 4) is 11.5 Å². The second-order valence-corrected chi connectivity index (χ2v) is 4.32. The molecule has 2 aromatic rings. The van der Waals surface area contributed by atoms with Crippen molar-refractivity contribution >= 4 is 0 Å². The van der Waals surface area contributed by atoms with E-state index in [2.05, 4.69) is 13.2 Å². The maximum atomic E-state index is 10.1. The molecule has 2 heteroatoms. The van der Waals surface area contributed by atoms with Gasteiger partial charge in [0.1, 0.15) is 0 Å². The number of aromatic hydroxyl groups is 2. The summed E-state index contributed by atoms with van der Waals surface area (Å²) in [6.07, 6.45) is 3.42. The number of para-hydroxylation sites is 1. The molecule has 2 N–H and O–H groups in total. The Bertz CT molecular complexity index is 592. The molecule has 2 nitrogen and oxygen atoms in total. The molecule has 96 valence electrons. The number of phenols is 2. The van der Waals surface area contributed by atoms with Gasteiger partial charge in [-0.05, 0) is 11.6 Å². The summed E-state index contributed by atoms with van der Waals surface area (Å²) in [5.41, 5.74) is 0.758. The summed E-state index contributed by atoms with van der Waals surface area (Å²) in [6, 6.07) is 14.5. The van der Waals surface area contributed by atoms with Crippen molar-refractivity contribution in [1.82, 2.24) is 0 Å². The second kappa shape index (κ2) is 5.02. The van der Waals surface area contributed by atoms with Gasteiger partial charge in [0, 0.05) is 5.56 Å². The van der Waals surface area contributed by atoms with E-state index in [-0.39, 0.29) is 11.5 Å².